The van der Waals surface area contributed by atoms with Crippen molar-refractivity contribution in [3.8, 4) is 28.7 Å². The van der Waals surface area contributed by atoms with E-state index in [0.717, 1.165) is 18.2 Å². The minimum absolute atomic E-state index is 0.128. The topological polar surface area (TPSA) is 214 Å². The number of rotatable bonds is 6. The zero-order valence-corrected chi connectivity index (χ0v) is 19.5. The van der Waals surface area contributed by atoms with Crippen LogP contribution in [0.2, 0.25) is 0 Å². The lowest BCUT2D eigenvalue weighted by atomic mass is 9.88. The molecule has 3 aromatic rings. The third kappa shape index (κ3) is 4.93. The van der Waals surface area contributed by atoms with Crippen molar-refractivity contribution in [2.45, 2.75) is 30.5 Å². The van der Waals surface area contributed by atoms with E-state index in [1.807, 2.05) is 0 Å². The first kappa shape index (κ1) is 26.7. The Morgan fingerprint density at radius 1 is 0.816 bits per heavy atom. The van der Waals surface area contributed by atoms with Gasteiger partial charge in [0.05, 0.1) is 17.7 Å². The Hall–Kier alpha value is -4.36. The molecule has 1 aliphatic heterocycles. The van der Waals surface area contributed by atoms with Gasteiger partial charge in [0.15, 0.2) is 6.10 Å². The van der Waals surface area contributed by atoms with Crippen LogP contribution in [-0.4, -0.2) is 83.6 Å². The smallest absolute Gasteiger partial charge is 0.338 e. The number of benzene rings is 3. The van der Waals surface area contributed by atoms with Crippen LogP contribution >= 0.6 is 0 Å². The molecule has 5 atom stereocenters. The molecule has 1 heterocycles. The highest BCUT2D eigenvalue weighted by Gasteiger charge is 2.49. The van der Waals surface area contributed by atoms with Gasteiger partial charge in [-0.1, -0.05) is 18.2 Å². The zero-order valence-electron chi connectivity index (χ0n) is 19.5. The molecule has 0 radical (unpaired) electrons. The van der Waals surface area contributed by atoms with E-state index in [1.54, 1.807) is 18.2 Å². The molecular formula is C26H24O12. The molecule has 0 aliphatic carbocycles. The van der Waals surface area contributed by atoms with Crippen LogP contribution in [-0.2, 0) is 9.47 Å². The van der Waals surface area contributed by atoms with Crippen molar-refractivity contribution in [3.05, 3.63) is 76.9 Å². The quantitative estimate of drug-likeness (QED) is 0.165. The largest absolute Gasteiger partial charge is 0.508 e. The van der Waals surface area contributed by atoms with Crippen LogP contribution in [0.3, 0.4) is 0 Å². The summed E-state index contributed by atoms with van der Waals surface area (Å²) in [6.07, 6.45) is -8.61. The summed E-state index contributed by atoms with van der Waals surface area (Å²) in [5.41, 5.74) is -1.60. The highest BCUT2D eigenvalue weighted by Crippen LogP contribution is 2.47. The fourth-order valence-electron chi connectivity index (χ4n) is 4.27. The van der Waals surface area contributed by atoms with Gasteiger partial charge in [-0.15, -0.1) is 0 Å². The number of hydrogen-bond donors (Lipinski definition) is 8. The van der Waals surface area contributed by atoms with E-state index in [1.165, 1.54) is 12.1 Å². The van der Waals surface area contributed by atoms with Crippen molar-refractivity contribution in [2.75, 3.05) is 6.61 Å². The van der Waals surface area contributed by atoms with Crippen molar-refractivity contribution in [1.82, 2.24) is 0 Å². The van der Waals surface area contributed by atoms with Crippen LogP contribution in [0.15, 0.2) is 54.6 Å². The third-order valence-electron chi connectivity index (χ3n) is 6.09. The lowest BCUT2D eigenvalue weighted by molar-refractivity contribution is -0.232. The standard InChI is InChI=1S/C26H24O12/c27-10-17-24(38-26(36)11-4-2-1-3-5-11)22(34)23(35)25(37-17)19-16(31)9-15(30)18(21(19)33)20(32)12-6-13(28)8-14(29)7-12/h1-9,17,22-25,27-31,33-35H,10H2/t17-,22-,23-,24-,25+/m1/s1. The van der Waals surface area contributed by atoms with Crippen LogP contribution in [0.4, 0.5) is 0 Å². The van der Waals surface area contributed by atoms with Crippen molar-refractivity contribution < 1.29 is 59.9 Å². The van der Waals surface area contributed by atoms with Crippen molar-refractivity contribution in [2.24, 2.45) is 0 Å². The molecule has 0 amide bonds. The molecule has 0 bridgehead atoms. The highest BCUT2D eigenvalue weighted by molar-refractivity contribution is 6.13. The maximum Gasteiger partial charge on any atom is 0.338 e. The Balaban J connectivity index is 1.69. The molecule has 1 fully saturated rings. The Kier molecular flexibility index (Phi) is 7.41. The molecule has 38 heavy (non-hydrogen) atoms. The van der Waals surface area contributed by atoms with E-state index < -0.39 is 88.8 Å². The molecule has 12 nitrogen and oxygen atoms in total. The van der Waals surface area contributed by atoms with E-state index in [-0.39, 0.29) is 11.1 Å². The number of phenolic OH excluding ortho intramolecular Hbond substituents is 5. The molecule has 200 valence electrons. The van der Waals surface area contributed by atoms with Gasteiger partial charge in [0.25, 0.3) is 0 Å². The van der Waals surface area contributed by atoms with E-state index >= 15 is 0 Å². The number of esters is 1. The fraction of sp³-hybridized carbons (Fsp3) is 0.231. The summed E-state index contributed by atoms with van der Waals surface area (Å²) in [5, 5.41) is 82.5. The molecule has 0 unspecified atom stereocenters. The third-order valence-corrected chi connectivity index (χ3v) is 6.09. The van der Waals surface area contributed by atoms with Gasteiger partial charge >= 0.3 is 5.97 Å². The molecule has 0 spiro atoms. The SMILES string of the molecule is O=C(O[C@H]1[C@H](O)[C@@H](O)[C@H](c2c(O)cc(O)c(C(=O)c3cc(O)cc(O)c3)c2O)O[C@@H]1CO)c1ccccc1. The number of phenols is 5. The molecule has 8 N–H and O–H groups in total. The van der Waals surface area contributed by atoms with Crippen LogP contribution in [0.1, 0.15) is 37.9 Å². The Bertz CT molecular complexity index is 1330. The summed E-state index contributed by atoms with van der Waals surface area (Å²) in [6, 6.07) is 11.3. The normalized spacial score (nSPS) is 23.1. The first-order valence-electron chi connectivity index (χ1n) is 11.3. The number of aromatic hydroxyl groups is 5. The fourth-order valence-corrected chi connectivity index (χ4v) is 4.27. The van der Waals surface area contributed by atoms with Gasteiger partial charge in [-0.2, -0.15) is 0 Å². The highest BCUT2D eigenvalue weighted by atomic mass is 16.6. The molecule has 1 saturated heterocycles. The van der Waals surface area contributed by atoms with Crippen molar-refractivity contribution in [3.63, 3.8) is 0 Å². The number of ether oxygens (including phenoxy) is 2. The van der Waals surface area contributed by atoms with Gasteiger partial charge < -0.3 is 50.3 Å². The summed E-state index contributed by atoms with van der Waals surface area (Å²) >= 11 is 0. The first-order chi connectivity index (χ1) is 18.0. The Morgan fingerprint density at radius 3 is 2.05 bits per heavy atom. The maximum absolute atomic E-state index is 13.0. The van der Waals surface area contributed by atoms with Crippen LogP contribution in [0, 0.1) is 0 Å². The monoisotopic (exact) mass is 528 g/mol. The second kappa shape index (κ2) is 10.6. The molecule has 3 aromatic carbocycles. The average Bonchev–Trinajstić information content (AvgIpc) is 2.87. The Labute approximate surface area is 214 Å². The van der Waals surface area contributed by atoms with E-state index in [2.05, 4.69) is 0 Å². The summed E-state index contributed by atoms with van der Waals surface area (Å²) in [4.78, 5) is 25.5. The molecule has 4 rings (SSSR count). The van der Waals surface area contributed by atoms with Gasteiger partial charge in [-0.3, -0.25) is 4.79 Å². The summed E-state index contributed by atoms with van der Waals surface area (Å²) in [5.74, 6) is -5.67. The van der Waals surface area contributed by atoms with E-state index in [9.17, 15) is 50.4 Å². The number of carbonyl (C=O) groups is 2. The van der Waals surface area contributed by atoms with Crippen LogP contribution < -0.4 is 0 Å². The van der Waals surface area contributed by atoms with E-state index in [0.29, 0.717) is 6.07 Å². The zero-order chi connectivity index (χ0) is 27.7. The number of aliphatic hydroxyl groups is 3. The second-order valence-electron chi connectivity index (χ2n) is 8.61. The summed E-state index contributed by atoms with van der Waals surface area (Å²) in [7, 11) is 0. The minimum Gasteiger partial charge on any atom is -0.508 e. The molecule has 0 aromatic heterocycles. The van der Waals surface area contributed by atoms with Crippen molar-refractivity contribution in [1.29, 1.82) is 0 Å². The van der Waals surface area contributed by atoms with Crippen molar-refractivity contribution >= 4 is 11.8 Å². The number of ketones is 1. The average molecular weight is 528 g/mol. The predicted molar refractivity (Wildman–Crippen MR) is 127 cm³/mol. The lowest BCUT2D eigenvalue weighted by Crippen LogP contribution is -2.57. The van der Waals surface area contributed by atoms with Crippen LogP contribution in [0.25, 0.3) is 0 Å². The van der Waals surface area contributed by atoms with Gasteiger partial charge in [-0.05, 0) is 24.3 Å². The second-order valence-corrected chi connectivity index (χ2v) is 8.61. The number of aliphatic hydroxyl groups excluding tert-OH is 3. The van der Waals surface area contributed by atoms with Gasteiger partial charge in [0.2, 0.25) is 5.78 Å². The van der Waals surface area contributed by atoms with Gasteiger partial charge in [-0.25, -0.2) is 4.79 Å². The minimum atomic E-state index is -1.96. The van der Waals surface area contributed by atoms with Gasteiger partial charge in [0, 0.05) is 17.7 Å². The lowest BCUT2D eigenvalue weighted by Gasteiger charge is -2.42. The molecule has 1 aliphatic rings. The number of hydrogen-bond acceptors (Lipinski definition) is 12. The molecule has 12 heteroatoms. The van der Waals surface area contributed by atoms with Crippen LogP contribution in [0.5, 0.6) is 28.7 Å². The van der Waals surface area contributed by atoms with Gasteiger partial charge in [0.1, 0.15) is 58.7 Å². The number of carbonyl (C=O) groups excluding carboxylic acids is 2. The maximum atomic E-state index is 13.0. The molecular weight excluding hydrogens is 504 g/mol. The van der Waals surface area contributed by atoms with E-state index in [4.69, 9.17) is 9.47 Å². The summed E-state index contributed by atoms with van der Waals surface area (Å²) < 4.78 is 10.9. The first-order valence-corrected chi connectivity index (χ1v) is 11.3. The predicted octanol–water partition coefficient (Wildman–Crippen LogP) is 0.825. The summed E-state index contributed by atoms with van der Waals surface area (Å²) in [6.45, 7) is -0.818. The Morgan fingerprint density at radius 2 is 1.45 bits per heavy atom. The molecule has 0 saturated carbocycles.